The van der Waals surface area contributed by atoms with Crippen molar-refractivity contribution < 1.29 is 19.8 Å². The molecule has 0 aliphatic rings. The number of nitrogens with zero attached hydrogens (tertiary/aromatic N) is 2. The quantitative estimate of drug-likeness (QED) is 0.532. The monoisotopic (exact) mass is 395 g/mol. The van der Waals surface area contributed by atoms with Gasteiger partial charge in [0.1, 0.15) is 11.7 Å². The minimum Gasteiger partial charge on any atom is -0.480 e. The van der Waals surface area contributed by atoms with Crippen LogP contribution in [0.1, 0.15) is 61.1 Å². The van der Waals surface area contributed by atoms with E-state index in [9.17, 15) is 19.8 Å². The average molecular weight is 396 g/mol. The van der Waals surface area contributed by atoms with Gasteiger partial charge in [0.15, 0.2) is 0 Å². The molecule has 0 bridgehead atoms. The maximum atomic E-state index is 12.4. The zero-order chi connectivity index (χ0) is 18.9. The predicted octanol–water partition coefficient (Wildman–Crippen LogP) is 3.65. The lowest BCUT2D eigenvalue weighted by atomic mass is 10.1. The maximum absolute atomic E-state index is 12.4. The molecular weight excluding hydrogens is 370 g/mol. The number of benzene rings is 1. The molecule has 1 amide bonds. The van der Waals surface area contributed by atoms with Crippen LogP contribution >= 0.6 is 12.4 Å². The minimum atomic E-state index is -0.934. The number of carboxylic acids is 1. The highest BCUT2D eigenvalue weighted by Gasteiger charge is 2.21. The number of aliphatic hydroxyl groups excluding tert-OH is 1. The largest absolute Gasteiger partial charge is 0.480 e. The molecule has 1 aromatic heterocycles. The van der Waals surface area contributed by atoms with Crippen LogP contribution in [0.4, 0.5) is 5.69 Å². The molecule has 0 aliphatic heterocycles. The van der Waals surface area contributed by atoms with Crippen LogP contribution in [-0.2, 0) is 11.4 Å². The Morgan fingerprint density at radius 1 is 1.22 bits per heavy atom. The molecule has 2 aromatic rings. The van der Waals surface area contributed by atoms with Crippen molar-refractivity contribution in [2.75, 3.05) is 5.32 Å². The normalized spacial score (nSPS) is 11.5. The van der Waals surface area contributed by atoms with Gasteiger partial charge in [0, 0.05) is 17.4 Å². The van der Waals surface area contributed by atoms with Crippen LogP contribution < -0.4 is 5.32 Å². The number of aliphatic hydroxyl groups is 1. The summed E-state index contributed by atoms with van der Waals surface area (Å²) in [5.74, 6) is -1.38. The number of aromatic nitrogens is 2. The Labute approximate surface area is 164 Å². The van der Waals surface area contributed by atoms with Crippen LogP contribution in [-0.4, -0.2) is 31.6 Å². The van der Waals surface area contributed by atoms with Crippen LogP contribution in [0.25, 0.3) is 0 Å². The molecule has 27 heavy (non-hydrogen) atoms. The molecule has 0 aliphatic carbocycles. The number of hydrogen-bond donors (Lipinski definition) is 3. The van der Waals surface area contributed by atoms with Crippen molar-refractivity contribution in [2.45, 2.75) is 51.7 Å². The van der Waals surface area contributed by atoms with Crippen LogP contribution in [0.2, 0.25) is 0 Å². The second-order valence-electron chi connectivity index (χ2n) is 6.18. The summed E-state index contributed by atoms with van der Waals surface area (Å²) in [5.41, 5.74) is 1.24. The van der Waals surface area contributed by atoms with Crippen molar-refractivity contribution in [2.24, 2.45) is 0 Å². The number of para-hydroxylation sites is 1. The molecule has 0 fully saturated rings. The van der Waals surface area contributed by atoms with Crippen LogP contribution in [0.5, 0.6) is 0 Å². The Hall–Kier alpha value is -2.38. The molecule has 0 spiro atoms. The van der Waals surface area contributed by atoms with Crippen LogP contribution in [0, 0.1) is 0 Å². The lowest BCUT2D eigenvalue weighted by Gasteiger charge is -2.13. The van der Waals surface area contributed by atoms with Crippen molar-refractivity contribution in [1.29, 1.82) is 0 Å². The van der Waals surface area contributed by atoms with Gasteiger partial charge in [0.25, 0.3) is 5.91 Å². The van der Waals surface area contributed by atoms with E-state index in [1.165, 1.54) is 17.1 Å². The first-order valence-corrected chi connectivity index (χ1v) is 8.83. The third-order valence-corrected chi connectivity index (χ3v) is 4.25. The van der Waals surface area contributed by atoms with Gasteiger partial charge < -0.3 is 20.1 Å². The molecule has 1 unspecified atom stereocenters. The first kappa shape index (κ1) is 22.7. The van der Waals surface area contributed by atoms with E-state index in [0.717, 1.165) is 25.7 Å². The number of carboxylic acid groups (broad SMARTS) is 1. The second-order valence-corrected chi connectivity index (χ2v) is 6.18. The van der Waals surface area contributed by atoms with E-state index in [2.05, 4.69) is 17.2 Å². The van der Waals surface area contributed by atoms with E-state index in [0.29, 0.717) is 17.7 Å². The number of carbonyl (C=O) groups excluding carboxylic acids is 1. The molecule has 1 heterocycles. The minimum absolute atomic E-state index is 0. The first-order valence-electron chi connectivity index (χ1n) is 8.83. The number of imidazole rings is 1. The molecule has 1 atom stereocenters. The molecule has 148 valence electrons. The molecule has 0 radical (unpaired) electrons. The fourth-order valence-electron chi connectivity index (χ4n) is 2.76. The molecule has 3 N–H and O–H groups in total. The van der Waals surface area contributed by atoms with E-state index >= 15 is 0 Å². The van der Waals surface area contributed by atoms with Gasteiger partial charge in [0.05, 0.1) is 12.9 Å². The van der Waals surface area contributed by atoms with Gasteiger partial charge in [0.2, 0.25) is 0 Å². The van der Waals surface area contributed by atoms with Crippen molar-refractivity contribution in [3.8, 4) is 0 Å². The van der Waals surface area contributed by atoms with Gasteiger partial charge in [-0.1, -0.05) is 50.8 Å². The van der Waals surface area contributed by atoms with Crippen molar-refractivity contribution in [3.63, 3.8) is 0 Å². The molecular formula is C19H26ClN3O4. The smallest absolute Gasteiger partial charge is 0.326 e. The Bertz CT molecular complexity index is 748. The predicted molar refractivity (Wildman–Crippen MR) is 105 cm³/mol. The zero-order valence-corrected chi connectivity index (χ0v) is 16.1. The average Bonchev–Trinajstić information content (AvgIpc) is 3.11. The number of anilines is 1. The van der Waals surface area contributed by atoms with Gasteiger partial charge in [-0.3, -0.25) is 4.79 Å². The number of hydrogen-bond acceptors (Lipinski definition) is 4. The van der Waals surface area contributed by atoms with E-state index in [4.69, 9.17) is 0 Å². The third kappa shape index (κ3) is 6.37. The molecule has 7 nitrogen and oxygen atoms in total. The SMILES string of the molecule is CCCCCCC(C(=O)O)n1cnc(C(=O)Nc2ccccc2CO)c1.Cl. The van der Waals surface area contributed by atoms with E-state index in [-0.39, 0.29) is 24.7 Å². The van der Waals surface area contributed by atoms with Gasteiger partial charge in [-0.05, 0) is 12.5 Å². The fraction of sp³-hybridized carbons (Fsp3) is 0.421. The van der Waals surface area contributed by atoms with E-state index < -0.39 is 17.9 Å². The topological polar surface area (TPSA) is 104 Å². The number of halogens is 1. The number of carbonyl (C=O) groups is 2. The Balaban J connectivity index is 0.00000364. The summed E-state index contributed by atoms with van der Waals surface area (Å²) in [6.07, 6.45) is 7.30. The van der Waals surface area contributed by atoms with E-state index in [1.54, 1.807) is 24.3 Å². The lowest BCUT2D eigenvalue weighted by Crippen LogP contribution is -2.18. The van der Waals surface area contributed by atoms with Gasteiger partial charge in [-0.15, -0.1) is 12.4 Å². The summed E-state index contributed by atoms with van der Waals surface area (Å²) in [6, 6.07) is 6.19. The summed E-state index contributed by atoms with van der Waals surface area (Å²) in [6.45, 7) is 1.91. The van der Waals surface area contributed by atoms with Crippen molar-refractivity contribution in [3.05, 3.63) is 48.0 Å². The Morgan fingerprint density at radius 3 is 2.63 bits per heavy atom. The number of amides is 1. The first-order chi connectivity index (χ1) is 12.6. The third-order valence-electron chi connectivity index (χ3n) is 4.25. The number of rotatable bonds is 10. The van der Waals surface area contributed by atoms with Gasteiger partial charge in [-0.2, -0.15) is 0 Å². The molecule has 2 rings (SSSR count). The summed E-state index contributed by atoms with van der Waals surface area (Å²) in [5, 5.41) is 21.5. The Morgan fingerprint density at radius 2 is 1.96 bits per heavy atom. The standard InChI is InChI=1S/C19H25N3O4.ClH/c1-2-3-4-5-10-17(19(25)26)22-11-16(20-13-22)18(24)21-15-9-7-6-8-14(15)12-23;/h6-9,11,13,17,23H,2-5,10,12H2,1H3,(H,21,24)(H,25,26);1H. The molecule has 1 aromatic carbocycles. The maximum Gasteiger partial charge on any atom is 0.326 e. The highest BCUT2D eigenvalue weighted by Crippen LogP contribution is 2.19. The number of aliphatic carboxylic acids is 1. The summed E-state index contributed by atoms with van der Waals surface area (Å²) in [4.78, 5) is 28.0. The summed E-state index contributed by atoms with van der Waals surface area (Å²) >= 11 is 0. The highest BCUT2D eigenvalue weighted by atomic mass is 35.5. The van der Waals surface area contributed by atoms with Crippen molar-refractivity contribution >= 4 is 30.0 Å². The van der Waals surface area contributed by atoms with Crippen molar-refractivity contribution in [1.82, 2.24) is 9.55 Å². The highest BCUT2D eigenvalue weighted by molar-refractivity contribution is 6.03. The summed E-state index contributed by atoms with van der Waals surface area (Å²) in [7, 11) is 0. The van der Waals surface area contributed by atoms with Gasteiger partial charge >= 0.3 is 5.97 Å². The van der Waals surface area contributed by atoms with Gasteiger partial charge in [-0.25, -0.2) is 9.78 Å². The van der Waals surface area contributed by atoms with Crippen LogP contribution in [0.15, 0.2) is 36.8 Å². The Kier molecular flexibility index (Phi) is 9.53. The van der Waals surface area contributed by atoms with Crippen LogP contribution in [0.3, 0.4) is 0 Å². The molecule has 8 heteroatoms. The summed E-state index contributed by atoms with van der Waals surface area (Å²) < 4.78 is 1.47. The fourth-order valence-corrected chi connectivity index (χ4v) is 2.76. The number of unbranched alkanes of at least 4 members (excludes halogenated alkanes) is 3. The molecule has 0 saturated heterocycles. The number of nitrogens with one attached hydrogen (secondary N) is 1. The van der Waals surface area contributed by atoms with E-state index in [1.807, 2.05) is 0 Å². The zero-order valence-electron chi connectivity index (χ0n) is 15.3. The molecule has 0 saturated carbocycles. The lowest BCUT2D eigenvalue weighted by molar-refractivity contribution is -0.141. The second kappa shape index (κ2) is 11.4.